The molecule has 3 rings (SSSR count). The number of nitriles is 1. The van der Waals surface area contributed by atoms with E-state index in [-0.39, 0.29) is 11.2 Å². The third-order valence-electron chi connectivity index (χ3n) is 6.36. The molecule has 2 saturated heterocycles. The van der Waals surface area contributed by atoms with Gasteiger partial charge in [0, 0.05) is 25.3 Å². The summed E-state index contributed by atoms with van der Waals surface area (Å²) in [7, 11) is 0. The van der Waals surface area contributed by atoms with Crippen molar-refractivity contribution in [3.8, 4) is 6.07 Å². The first-order valence-electron chi connectivity index (χ1n) is 12.0. The summed E-state index contributed by atoms with van der Waals surface area (Å²) in [6.07, 6.45) is 2.12. The minimum Gasteiger partial charge on any atom is -0.387 e. The molecular weight excluding hydrogens is 438 g/mol. The van der Waals surface area contributed by atoms with Crippen LogP contribution in [0.1, 0.15) is 44.8 Å². The zero-order chi connectivity index (χ0) is 23.8. The van der Waals surface area contributed by atoms with Gasteiger partial charge in [-0.15, -0.1) is 11.8 Å². The molecule has 0 aromatic heterocycles. The van der Waals surface area contributed by atoms with Gasteiger partial charge in [0.2, 0.25) is 5.91 Å². The average Bonchev–Trinajstić information content (AvgIpc) is 3.14. The van der Waals surface area contributed by atoms with Gasteiger partial charge in [0.15, 0.2) is 0 Å². The van der Waals surface area contributed by atoms with Crippen LogP contribution in [0.25, 0.3) is 0 Å². The van der Waals surface area contributed by atoms with Crippen molar-refractivity contribution >= 4 is 23.4 Å². The van der Waals surface area contributed by atoms with Crippen molar-refractivity contribution in [3.05, 3.63) is 29.8 Å². The van der Waals surface area contributed by atoms with E-state index >= 15 is 0 Å². The monoisotopic (exact) mass is 475 g/mol. The summed E-state index contributed by atoms with van der Waals surface area (Å²) >= 11 is 1.43. The normalized spacial score (nSPS) is 24.3. The number of nitrogens with zero attached hydrogens (tertiary/aromatic N) is 3. The molecule has 1 aromatic rings. The lowest BCUT2D eigenvalue weighted by Gasteiger charge is -2.28. The number of benzene rings is 1. The van der Waals surface area contributed by atoms with Gasteiger partial charge in [0.05, 0.1) is 17.5 Å². The van der Waals surface area contributed by atoms with E-state index in [1.807, 2.05) is 38.1 Å². The number of likely N-dealkylation sites (tertiary alicyclic amines) is 1. The highest BCUT2D eigenvalue weighted by Gasteiger charge is 2.45. The molecule has 2 fully saturated rings. The Hall–Kier alpha value is -1.83. The van der Waals surface area contributed by atoms with E-state index in [1.54, 1.807) is 4.90 Å². The van der Waals surface area contributed by atoms with Crippen LogP contribution in [-0.4, -0.2) is 82.0 Å². The Labute approximate surface area is 201 Å². The maximum Gasteiger partial charge on any atom is 0.238 e. The van der Waals surface area contributed by atoms with E-state index in [9.17, 15) is 20.3 Å². The molecule has 0 spiro atoms. The number of thioether (sulfide) groups is 1. The number of nitrogens with one attached hydrogen (secondary N) is 2. The van der Waals surface area contributed by atoms with Crippen molar-refractivity contribution < 1.29 is 15.0 Å². The zero-order valence-corrected chi connectivity index (χ0v) is 20.4. The molecular formula is C24H37N5O3S. The predicted octanol–water partition coefficient (Wildman–Crippen LogP) is 1.98. The first-order valence-corrected chi connectivity index (χ1v) is 12.9. The van der Waals surface area contributed by atoms with Crippen LogP contribution in [0.3, 0.4) is 0 Å². The van der Waals surface area contributed by atoms with Crippen molar-refractivity contribution in [2.75, 3.05) is 44.6 Å². The van der Waals surface area contributed by atoms with Crippen LogP contribution < -0.4 is 10.6 Å². The van der Waals surface area contributed by atoms with Crippen LogP contribution in [0.4, 0.5) is 5.69 Å². The molecule has 2 heterocycles. The Morgan fingerprint density at radius 3 is 2.67 bits per heavy atom. The number of anilines is 1. The van der Waals surface area contributed by atoms with Crippen molar-refractivity contribution in [2.45, 2.75) is 56.1 Å². The Balaban J connectivity index is 1.60. The van der Waals surface area contributed by atoms with Gasteiger partial charge in [-0.25, -0.2) is 0 Å². The van der Waals surface area contributed by atoms with E-state index in [1.165, 1.54) is 31.0 Å². The number of rotatable bonds is 11. The fraction of sp³-hybridized carbons (Fsp3) is 0.667. The van der Waals surface area contributed by atoms with E-state index < -0.39 is 23.6 Å². The SMILES string of the molecule is CCNC(O)C(C#N)C1SC(CNc2cccc(C(O)CN3CCCCC3)c2)C(=O)N1CC. The Kier molecular flexibility index (Phi) is 9.83. The summed E-state index contributed by atoms with van der Waals surface area (Å²) < 4.78 is 0. The predicted molar refractivity (Wildman–Crippen MR) is 132 cm³/mol. The highest BCUT2D eigenvalue weighted by molar-refractivity contribution is 8.01. The first-order chi connectivity index (χ1) is 16.0. The summed E-state index contributed by atoms with van der Waals surface area (Å²) in [5.74, 6) is -0.734. The maximum atomic E-state index is 13.0. The van der Waals surface area contributed by atoms with Gasteiger partial charge in [0.25, 0.3) is 0 Å². The number of aliphatic hydroxyl groups is 2. The molecule has 5 atom stereocenters. The number of β-amino-alcohol motifs (C(OH)–C–C–N with tert-alkyl or cyclic N) is 1. The Morgan fingerprint density at radius 2 is 2.00 bits per heavy atom. The lowest BCUT2D eigenvalue weighted by molar-refractivity contribution is -0.130. The van der Waals surface area contributed by atoms with Crippen LogP contribution in [0.5, 0.6) is 0 Å². The molecule has 182 valence electrons. The minimum atomic E-state index is -0.982. The van der Waals surface area contributed by atoms with Gasteiger partial charge in [0.1, 0.15) is 17.4 Å². The summed E-state index contributed by atoms with van der Waals surface area (Å²) in [5.41, 5.74) is 1.72. The van der Waals surface area contributed by atoms with Crippen LogP contribution in [0.2, 0.25) is 0 Å². The summed E-state index contributed by atoms with van der Waals surface area (Å²) in [6, 6.07) is 9.91. The largest absolute Gasteiger partial charge is 0.387 e. The number of carbonyl (C=O) groups excluding carboxylic acids is 1. The van der Waals surface area contributed by atoms with E-state index in [0.717, 1.165) is 24.3 Å². The molecule has 0 bridgehead atoms. The van der Waals surface area contributed by atoms with E-state index in [0.29, 0.717) is 26.2 Å². The van der Waals surface area contributed by atoms with Crippen LogP contribution >= 0.6 is 11.8 Å². The third-order valence-corrected chi connectivity index (χ3v) is 7.89. The van der Waals surface area contributed by atoms with Gasteiger partial charge in [-0.05, 0) is 57.1 Å². The smallest absolute Gasteiger partial charge is 0.238 e. The number of hydrogen-bond donors (Lipinski definition) is 4. The molecule has 0 saturated carbocycles. The fourth-order valence-corrected chi connectivity index (χ4v) is 6.09. The van der Waals surface area contributed by atoms with Crippen LogP contribution in [0, 0.1) is 17.2 Å². The molecule has 0 radical (unpaired) electrons. The standard InChI is InChI=1S/C24H37N5O3S/c1-3-26-22(31)19(14-25)24-29(4-2)23(32)21(33-24)15-27-18-10-8-9-17(13-18)20(30)16-28-11-6-5-7-12-28/h8-10,13,19-22,24,26-27,30-31H,3-7,11-12,15-16H2,1-2H3. The lowest BCUT2D eigenvalue weighted by atomic mass is 10.1. The molecule has 9 heteroatoms. The lowest BCUT2D eigenvalue weighted by Crippen LogP contribution is -2.46. The molecule has 5 unspecified atom stereocenters. The molecule has 1 aromatic carbocycles. The van der Waals surface area contributed by atoms with Gasteiger partial charge < -0.3 is 25.3 Å². The zero-order valence-electron chi connectivity index (χ0n) is 19.6. The second kappa shape index (κ2) is 12.6. The topological polar surface area (TPSA) is 112 Å². The molecule has 1 amide bonds. The number of amides is 1. The second-order valence-electron chi connectivity index (χ2n) is 8.68. The highest BCUT2D eigenvalue weighted by atomic mass is 32.2. The van der Waals surface area contributed by atoms with Crippen molar-refractivity contribution in [1.82, 2.24) is 15.1 Å². The average molecular weight is 476 g/mol. The van der Waals surface area contributed by atoms with Crippen molar-refractivity contribution in [3.63, 3.8) is 0 Å². The molecule has 33 heavy (non-hydrogen) atoms. The highest BCUT2D eigenvalue weighted by Crippen LogP contribution is 2.37. The summed E-state index contributed by atoms with van der Waals surface area (Å²) in [5, 5.41) is 36.2. The van der Waals surface area contributed by atoms with Gasteiger partial charge in [-0.2, -0.15) is 5.26 Å². The number of aliphatic hydroxyl groups excluding tert-OH is 2. The molecule has 2 aliphatic heterocycles. The minimum absolute atomic E-state index is 0.0229. The van der Waals surface area contributed by atoms with Crippen molar-refractivity contribution in [1.29, 1.82) is 5.26 Å². The van der Waals surface area contributed by atoms with E-state index in [2.05, 4.69) is 21.6 Å². The van der Waals surface area contributed by atoms with E-state index in [4.69, 9.17) is 0 Å². The van der Waals surface area contributed by atoms with Gasteiger partial charge >= 0.3 is 0 Å². The Bertz CT molecular complexity index is 814. The molecule has 8 nitrogen and oxygen atoms in total. The first kappa shape index (κ1) is 25.8. The molecule has 2 aliphatic rings. The van der Waals surface area contributed by atoms with Gasteiger partial charge in [-0.1, -0.05) is 25.5 Å². The second-order valence-corrected chi connectivity index (χ2v) is 10.0. The van der Waals surface area contributed by atoms with Gasteiger partial charge in [-0.3, -0.25) is 10.1 Å². The third kappa shape index (κ3) is 6.61. The van der Waals surface area contributed by atoms with Crippen LogP contribution in [0.15, 0.2) is 24.3 Å². The quantitative estimate of drug-likeness (QED) is 0.360. The molecule has 4 N–H and O–H groups in total. The number of hydrogen-bond acceptors (Lipinski definition) is 8. The van der Waals surface area contributed by atoms with Crippen LogP contribution in [-0.2, 0) is 4.79 Å². The van der Waals surface area contributed by atoms with Crippen molar-refractivity contribution in [2.24, 2.45) is 5.92 Å². The Morgan fingerprint density at radius 1 is 1.24 bits per heavy atom. The number of piperidine rings is 1. The fourth-order valence-electron chi connectivity index (χ4n) is 4.54. The summed E-state index contributed by atoms with van der Waals surface area (Å²) in [6.45, 7) is 7.92. The molecule has 0 aliphatic carbocycles. The summed E-state index contributed by atoms with van der Waals surface area (Å²) in [4.78, 5) is 17.0. The maximum absolute atomic E-state index is 13.0. The number of carbonyl (C=O) groups is 1.